The van der Waals surface area contributed by atoms with Crippen molar-refractivity contribution in [3.8, 4) is 11.8 Å². The monoisotopic (exact) mass is 362 g/mol. The number of ether oxygens (including phenoxy) is 1. The van der Waals surface area contributed by atoms with Gasteiger partial charge in [0.15, 0.2) is 0 Å². The van der Waals surface area contributed by atoms with Crippen molar-refractivity contribution in [2.45, 2.75) is 13.8 Å². The third-order valence-corrected chi connectivity index (χ3v) is 3.67. The molecule has 0 aliphatic carbocycles. The van der Waals surface area contributed by atoms with E-state index in [9.17, 15) is 14.7 Å². The molecule has 1 aromatic heterocycles. The number of amides is 1. The second-order valence-corrected chi connectivity index (χ2v) is 5.85. The molecule has 0 saturated heterocycles. The zero-order valence-corrected chi connectivity index (χ0v) is 14.7. The third kappa shape index (κ3) is 4.46. The first-order chi connectivity index (χ1) is 12.9. The fraction of sp³-hybridized carbons (Fsp3) is 0.100. The summed E-state index contributed by atoms with van der Waals surface area (Å²) in [6.07, 6.45) is 0. The fourth-order valence-corrected chi connectivity index (χ4v) is 2.51. The molecular formula is C20H16N3O4-. The number of hydrogen-bond acceptors (Lipinski definition) is 6. The molecule has 0 radical (unpaired) electrons. The van der Waals surface area contributed by atoms with E-state index in [0.29, 0.717) is 11.4 Å². The van der Waals surface area contributed by atoms with Crippen LogP contribution in [-0.2, 0) is 0 Å². The summed E-state index contributed by atoms with van der Waals surface area (Å²) in [7, 11) is 0. The SMILES string of the molecule is Cc1cc(C)nc(Oc2ccc(NC(=O)c3ccccc3C(=O)[O-])cc2)n1. The van der Waals surface area contributed by atoms with E-state index in [-0.39, 0.29) is 17.1 Å². The van der Waals surface area contributed by atoms with Crippen LogP contribution in [0, 0.1) is 13.8 Å². The predicted molar refractivity (Wildman–Crippen MR) is 96.7 cm³/mol. The van der Waals surface area contributed by atoms with Gasteiger partial charge in [-0.25, -0.2) is 9.97 Å². The summed E-state index contributed by atoms with van der Waals surface area (Å²) in [6, 6.07) is 14.5. The van der Waals surface area contributed by atoms with Gasteiger partial charge in [0, 0.05) is 28.2 Å². The van der Waals surface area contributed by atoms with E-state index in [4.69, 9.17) is 4.74 Å². The molecule has 0 atom stereocenters. The quantitative estimate of drug-likeness (QED) is 0.748. The Bertz CT molecular complexity index is 980. The van der Waals surface area contributed by atoms with E-state index < -0.39 is 11.9 Å². The first-order valence-electron chi connectivity index (χ1n) is 8.14. The molecule has 2 aromatic carbocycles. The van der Waals surface area contributed by atoms with Gasteiger partial charge in [-0.15, -0.1) is 0 Å². The van der Waals surface area contributed by atoms with Crippen LogP contribution in [0.25, 0.3) is 0 Å². The van der Waals surface area contributed by atoms with Gasteiger partial charge in [0.05, 0.1) is 5.97 Å². The minimum Gasteiger partial charge on any atom is -0.545 e. The first kappa shape index (κ1) is 18.1. The summed E-state index contributed by atoms with van der Waals surface area (Å²) < 4.78 is 5.61. The van der Waals surface area contributed by atoms with Gasteiger partial charge >= 0.3 is 6.01 Å². The van der Waals surface area contributed by atoms with Crippen LogP contribution in [0.3, 0.4) is 0 Å². The molecule has 0 saturated carbocycles. The minimum atomic E-state index is -1.40. The summed E-state index contributed by atoms with van der Waals surface area (Å²) in [5.74, 6) is -1.44. The van der Waals surface area contributed by atoms with Gasteiger partial charge in [-0.3, -0.25) is 4.79 Å². The largest absolute Gasteiger partial charge is 0.545 e. The van der Waals surface area contributed by atoms with Gasteiger partial charge in [-0.05, 0) is 50.2 Å². The van der Waals surface area contributed by atoms with Crippen molar-refractivity contribution in [2.75, 3.05) is 5.32 Å². The lowest BCUT2D eigenvalue weighted by molar-refractivity contribution is -0.255. The predicted octanol–water partition coefficient (Wildman–Crippen LogP) is 2.50. The Morgan fingerprint density at radius 2 is 1.52 bits per heavy atom. The highest BCUT2D eigenvalue weighted by Crippen LogP contribution is 2.21. The standard InChI is InChI=1S/C20H17N3O4/c1-12-11-13(2)22-20(21-12)27-15-9-7-14(8-10-15)23-18(24)16-5-3-4-6-17(16)19(25)26/h3-11H,1-2H3,(H,23,24)(H,25,26)/p-1. The molecule has 1 amide bonds. The van der Waals surface area contributed by atoms with Crippen molar-refractivity contribution in [1.29, 1.82) is 0 Å². The smallest absolute Gasteiger partial charge is 0.322 e. The number of anilines is 1. The molecule has 7 heteroatoms. The van der Waals surface area contributed by atoms with Gasteiger partial charge in [-0.1, -0.05) is 18.2 Å². The summed E-state index contributed by atoms with van der Waals surface area (Å²) >= 11 is 0. The Kier molecular flexibility index (Phi) is 5.12. The number of carbonyl (C=O) groups excluding carboxylic acids is 2. The first-order valence-corrected chi connectivity index (χ1v) is 8.14. The molecule has 7 nitrogen and oxygen atoms in total. The van der Waals surface area contributed by atoms with E-state index >= 15 is 0 Å². The lowest BCUT2D eigenvalue weighted by atomic mass is 10.1. The Morgan fingerprint density at radius 1 is 0.926 bits per heavy atom. The van der Waals surface area contributed by atoms with Crippen LogP contribution in [0.5, 0.6) is 11.8 Å². The average molecular weight is 362 g/mol. The molecular weight excluding hydrogens is 346 g/mol. The number of carbonyl (C=O) groups is 2. The molecule has 1 N–H and O–H groups in total. The summed E-state index contributed by atoms with van der Waals surface area (Å²) in [4.78, 5) is 31.9. The highest BCUT2D eigenvalue weighted by atomic mass is 16.5. The maximum absolute atomic E-state index is 12.3. The molecule has 3 rings (SSSR count). The molecule has 0 unspecified atom stereocenters. The fourth-order valence-electron chi connectivity index (χ4n) is 2.51. The maximum Gasteiger partial charge on any atom is 0.322 e. The van der Waals surface area contributed by atoms with Crippen LogP contribution in [-0.4, -0.2) is 21.8 Å². The Morgan fingerprint density at radius 3 is 2.11 bits per heavy atom. The average Bonchev–Trinajstić information content (AvgIpc) is 2.62. The Labute approximate surface area is 155 Å². The zero-order chi connectivity index (χ0) is 19.4. The van der Waals surface area contributed by atoms with Crippen molar-refractivity contribution >= 4 is 17.6 Å². The number of hydrogen-bond donors (Lipinski definition) is 1. The normalized spacial score (nSPS) is 10.3. The number of aromatic nitrogens is 2. The number of rotatable bonds is 5. The van der Waals surface area contributed by atoms with Crippen LogP contribution < -0.4 is 15.2 Å². The second-order valence-electron chi connectivity index (χ2n) is 5.85. The van der Waals surface area contributed by atoms with E-state index in [0.717, 1.165) is 11.4 Å². The third-order valence-electron chi connectivity index (χ3n) is 3.67. The molecule has 0 aliphatic rings. The zero-order valence-electron chi connectivity index (χ0n) is 14.7. The maximum atomic E-state index is 12.3. The van der Waals surface area contributed by atoms with E-state index in [2.05, 4.69) is 15.3 Å². The van der Waals surface area contributed by atoms with Crippen LogP contribution in [0.1, 0.15) is 32.1 Å². The highest BCUT2D eigenvalue weighted by molar-refractivity contribution is 6.10. The highest BCUT2D eigenvalue weighted by Gasteiger charge is 2.12. The van der Waals surface area contributed by atoms with Crippen LogP contribution >= 0.6 is 0 Å². The van der Waals surface area contributed by atoms with Crippen molar-refractivity contribution in [3.63, 3.8) is 0 Å². The summed E-state index contributed by atoms with van der Waals surface area (Å²) in [5, 5.41) is 13.8. The lowest BCUT2D eigenvalue weighted by Gasteiger charge is -2.11. The molecule has 27 heavy (non-hydrogen) atoms. The molecule has 136 valence electrons. The lowest BCUT2D eigenvalue weighted by Crippen LogP contribution is -2.26. The number of benzene rings is 2. The van der Waals surface area contributed by atoms with Crippen LogP contribution in [0.15, 0.2) is 54.6 Å². The van der Waals surface area contributed by atoms with Crippen molar-refractivity contribution in [2.24, 2.45) is 0 Å². The molecule has 0 spiro atoms. The van der Waals surface area contributed by atoms with E-state index in [1.165, 1.54) is 18.2 Å². The Hall–Kier alpha value is -3.74. The van der Waals surface area contributed by atoms with Crippen molar-refractivity contribution in [1.82, 2.24) is 9.97 Å². The number of carboxylic acid groups (broad SMARTS) is 1. The van der Waals surface area contributed by atoms with Gasteiger partial charge in [0.2, 0.25) is 0 Å². The van der Waals surface area contributed by atoms with Crippen LogP contribution in [0.4, 0.5) is 5.69 Å². The number of carboxylic acids is 1. The van der Waals surface area contributed by atoms with Gasteiger partial charge in [0.1, 0.15) is 5.75 Å². The van der Waals surface area contributed by atoms with Crippen LogP contribution in [0.2, 0.25) is 0 Å². The number of nitrogens with zero attached hydrogens (tertiary/aromatic N) is 2. The number of aryl methyl sites for hydroxylation is 2. The second kappa shape index (κ2) is 7.65. The molecule has 0 fully saturated rings. The molecule has 0 aliphatic heterocycles. The summed E-state index contributed by atoms with van der Waals surface area (Å²) in [5.41, 5.74) is 1.95. The Balaban J connectivity index is 1.72. The number of nitrogens with one attached hydrogen (secondary N) is 1. The topological polar surface area (TPSA) is 104 Å². The van der Waals surface area contributed by atoms with Crippen molar-refractivity contribution in [3.05, 3.63) is 77.1 Å². The van der Waals surface area contributed by atoms with Gasteiger partial charge in [-0.2, -0.15) is 0 Å². The van der Waals surface area contributed by atoms with Gasteiger partial charge < -0.3 is 20.0 Å². The summed E-state index contributed by atoms with van der Waals surface area (Å²) in [6.45, 7) is 3.70. The number of aromatic carboxylic acids is 1. The van der Waals surface area contributed by atoms with Crippen molar-refractivity contribution < 1.29 is 19.4 Å². The molecule has 0 bridgehead atoms. The van der Waals surface area contributed by atoms with Gasteiger partial charge in [0.25, 0.3) is 5.91 Å². The molecule has 1 heterocycles. The van der Waals surface area contributed by atoms with E-state index in [1.54, 1.807) is 30.3 Å². The minimum absolute atomic E-state index is 0.0291. The van der Waals surface area contributed by atoms with E-state index in [1.807, 2.05) is 19.9 Å². The molecule has 3 aromatic rings.